The predicted molar refractivity (Wildman–Crippen MR) is 67.6 cm³/mol. The first-order valence-electron chi connectivity index (χ1n) is 7.19. The molecule has 0 aromatic heterocycles. The van der Waals surface area contributed by atoms with E-state index in [2.05, 4.69) is 12.4 Å². The second-order valence-corrected chi connectivity index (χ2v) is 5.53. The highest BCUT2D eigenvalue weighted by atomic mass is 16.5. The molecule has 2 heteroatoms. The molecule has 0 aliphatic heterocycles. The standard InChI is InChI=1S/C14H27NO/c1-15-14(12-7-3-2-4-8-12)11-16-13-9-5-6-10-13/h12-15H,2-11H2,1H3. The van der Waals surface area contributed by atoms with Crippen molar-refractivity contribution in [1.29, 1.82) is 0 Å². The molecule has 94 valence electrons. The zero-order valence-electron chi connectivity index (χ0n) is 10.7. The summed E-state index contributed by atoms with van der Waals surface area (Å²) in [7, 11) is 2.09. The van der Waals surface area contributed by atoms with Crippen molar-refractivity contribution in [1.82, 2.24) is 5.32 Å². The molecule has 2 nitrogen and oxygen atoms in total. The minimum Gasteiger partial charge on any atom is -0.377 e. The van der Waals surface area contributed by atoms with Gasteiger partial charge in [-0.25, -0.2) is 0 Å². The van der Waals surface area contributed by atoms with Crippen LogP contribution in [0.4, 0.5) is 0 Å². The summed E-state index contributed by atoms with van der Waals surface area (Å²) < 4.78 is 6.05. The lowest BCUT2D eigenvalue weighted by molar-refractivity contribution is 0.0288. The summed E-state index contributed by atoms with van der Waals surface area (Å²) in [5.74, 6) is 0.861. The van der Waals surface area contributed by atoms with Gasteiger partial charge in [0.05, 0.1) is 12.7 Å². The van der Waals surface area contributed by atoms with Gasteiger partial charge >= 0.3 is 0 Å². The van der Waals surface area contributed by atoms with Crippen LogP contribution in [-0.2, 0) is 4.74 Å². The Labute approximate surface area is 100 Å². The first-order chi connectivity index (χ1) is 7.90. The molecule has 1 unspecified atom stereocenters. The number of nitrogens with one attached hydrogen (secondary N) is 1. The summed E-state index contributed by atoms with van der Waals surface area (Å²) >= 11 is 0. The number of ether oxygens (including phenoxy) is 1. The van der Waals surface area contributed by atoms with E-state index in [1.165, 1.54) is 57.8 Å². The normalized spacial score (nSPS) is 26.1. The molecule has 0 saturated heterocycles. The van der Waals surface area contributed by atoms with E-state index in [1.807, 2.05) is 0 Å². The van der Waals surface area contributed by atoms with Crippen LogP contribution in [0.2, 0.25) is 0 Å². The Bertz CT molecular complexity index is 183. The van der Waals surface area contributed by atoms with Gasteiger partial charge in [-0.3, -0.25) is 0 Å². The molecule has 2 aliphatic carbocycles. The molecule has 16 heavy (non-hydrogen) atoms. The molecule has 0 heterocycles. The van der Waals surface area contributed by atoms with Crippen LogP contribution in [0.15, 0.2) is 0 Å². The van der Waals surface area contributed by atoms with Crippen LogP contribution in [-0.4, -0.2) is 25.8 Å². The zero-order chi connectivity index (χ0) is 11.2. The summed E-state index contributed by atoms with van der Waals surface area (Å²) in [4.78, 5) is 0. The van der Waals surface area contributed by atoms with E-state index in [-0.39, 0.29) is 0 Å². The Balaban J connectivity index is 1.70. The fraction of sp³-hybridized carbons (Fsp3) is 1.00. The Morgan fingerprint density at radius 3 is 2.25 bits per heavy atom. The van der Waals surface area contributed by atoms with Crippen molar-refractivity contribution in [2.75, 3.05) is 13.7 Å². The SMILES string of the molecule is CNC(COC1CCCC1)C1CCCCC1. The van der Waals surface area contributed by atoms with Gasteiger partial charge in [-0.15, -0.1) is 0 Å². The molecule has 0 bridgehead atoms. The smallest absolute Gasteiger partial charge is 0.0625 e. The van der Waals surface area contributed by atoms with Gasteiger partial charge in [-0.2, -0.15) is 0 Å². The van der Waals surface area contributed by atoms with E-state index >= 15 is 0 Å². The molecular weight excluding hydrogens is 198 g/mol. The fourth-order valence-corrected chi connectivity index (χ4v) is 3.29. The van der Waals surface area contributed by atoms with Gasteiger partial charge in [0.25, 0.3) is 0 Å². The fourth-order valence-electron chi connectivity index (χ4n) is 3.29. The molecule has 2 rings (SSSR count). The van der Waals surface area contributed by atoms with Crippen molar-refractivity contribution < 1.29 is 4.74 Å². The second-order valence-electron chi connectivity index (χ2n) is 5.53. The quantitative estimate of drug-likeness (QED) is 0.776. The van der Waals surface area contributed by atoms with Gasteiger partial charge in [0.1, 0.15) is 0 Å². The van der Waals surface area contributed by atoms with E-state index in [9.17, 15) is 0 Å². The van der Waals surface area contributed by atoms with Gasteiger partial charge < -0.3 is 10.1 Å². The van der Waals surface area contributed by atoms with Crippen LogP contribution in [0.3, 0.4) is 0 Å². The van der Waals surface area contributed by atoms with Crippen LogP contribution in [0.25, 0.3) is 0 Å². The van der Waals surface area contributed by atoms with Crippen LogP contribution in [0.1, 0.15) is 57.8 Å². The Hall–Kier alpha value is -0.0800. The van der Waals surface area contributed by atoms with Crippen molar-refractivity contribution in [2.24, 2.45) is 5.92 Å². The molecule has 0 spiro atoms. The van der Waals surface area contributed by atoms with Crippen molar-refractivity contribution in [3.63, 3.8) is 0 Å². The largest absolute Gasteiger partial charge is 0.377 e. The molecule has 0 aromatic carbocycles. The highest BCUT2D eigenvalue weighted by molar-refractivity contribution is 4.79. The van der Waals surface area contributed by atoms with Crippen LogP contribution < -0.4 is 5.32 Å². The summed E-state index contributed by atoms with van der Waals surface area (Å²) in [6.45, 7) is 0.936. The van der Waals surface area contributed by atoms with E-state index in [4.69, 9.17) is 4.74 Å². The molecule has 2 aliphatic rings. The highest BCUT2D eigenvalue weighted by Gasteiger charge is 2.24. The Morgan fingerprint density at radius 1 is 1.00 bits per heavy atom. The molecular formula is C14H27NO. The number of likely N-dealkylation sites (N-methyl/N-ethyl adjacent to an activating group) is 1. The first kappa shape index (κ1) is 12.4. The highest BCUT2D eigenvalue weighted by Crippen LogP contribution is 2.27. The first-order valence-corrected chi connectivity index (χ1v) is 7.19. The lowest BCUT2D eigenvalue weighted by atomic mass is 9.84. The molecule has 1 atom stereocenters. The monoisotopic (exact) mass is 225 g/mol. The van der Waals surface area contributed by atoms with Gasteiger partial charge in [-0.05, 0) is 38.6 Å². The summed E-state index contributed by atoms with van der Waals surface area (Å²) in [5, 5.41) is 3.47. The van der Waals surface area contributed by atoms with Crippen LogP contribution in [0.5, 0.6) is 0 Å². The summed E-state index contributed by atoms with van der Waals surface area (Å²) in [6, 6.07) is 0.598. The van der Waals surface area contributed by atoms with Gasteiger partial charge in [-0.1, -0.05) is 32.1 Å². The van der Waals surface area contributed by atoms with E-state index < -0.39 is 0 Å². The molecule has 2 fully saturated rings. The van der Waals surface area contributed by atoms with Crippen molar-refractivity contribution >= 4 is 0 Å². The van der Waals surface area contributed by atoms with Crippen LogP contribution >= 0.6 is 0 Å². The van der Waals surface area contributed by atoms with Crippen molar-refractivity contribution in [3.05, 3.63) is 0 Å². The third-order valence-electron chi connectivity index (χ3n) is 4.40. The predicted octanol–water partition coefficient (Wildman–Crippen LogP) is 3.11. The van der Waals surface area contributed by atoms with E-state index in [0.717, 1.165) is 12.5 Å². The average Bonchev–Trinajstić information content (AvgIpc) is 2.84. The van der Waals surface area contributed by atoms with Crippen molar-refractivity contribution in [2.45, 2.75) is 69.9 Å². The summed E-state index contributed by atoms with van der Waals surface area (Å²) in [5.41, 5.74) is 0. The molecule has 1 N–H and O–H groups in total. The summed E-state index contributed by atoms with van der Waals surface area (Å²) in [6.07, 6.45) is 13.0. The maximum Gasteiger partial charge on any atom is 0.0625 e. The minimum absolute atomic E-state index is 0.569. The maximum absolute atomic E-state index is 6.05. The van der Waals surface area contributed by atoms with Crippen molar-refractivity contribution in [3.8, 4) is 0 Å². The van der Waals surface area contributed by atoms with Crippen LogP contribution in [0, 0.1) is 5.92 Å². The number of hydrogen-bond donors (Lipinski definition) is 1. The molecule has 0 radical (unpaired) electrons. The molecule has 0 amide bonds. The number of hydrogen-bond acceptors (Lipinski definition) is 2. The lowest BCUT2D eigenvalue weighted by Crippen LogP contribution is -2.39. The molecule has 0 aromatic rings. The lowest BCUT2D eigenvalue weighted by Gasteiger charge is -2.30. The zero-order valence-corrected chi connectivity index (χ0v) is 10.7. The second kappa shape index (κ2) is 6.61. The average molecular weight is 225 g/mol. The van der Waals surface area contributed by atoms with E-state index in [1.54, 1.807) is 0 Å². The molecule has 2 saturated carbocycles. The van der Waals surface area contributed by atoms with Gasteiger partial charge in [0, 0.05) is 6.04 Å². The Kier molecular flexibility index (Phi) is 5.11. The third kappa shape index (κ3) is 3.46. The van der Waals surface area contributed by atoms with E-state index in [0.29, 0.717) is 12.1 Å². The number of rotatable bonds is 5. The van der Waals surface area contributed by atoms with Gasteiger partial charge in [0.2, 0.25) is 0 Å². The minimum atomic E-state index is 0.569. The Morgan fingerprint density at radius 2 is 1.62 bits per heavy atom. The third-order valence-corrected chi connectivity index (χ3v) is 4.40. The maximum atomic E-state index is 6.05. The van der Waals surface area contributed by atoms with Gasteiger partial charge in [0.15, 0.2) is 0 Å². The topological polar surface area (TPSA) is 21.3 Å².